The van der Waals surface area contributed by atoms with Crippen LogP contribution in [0.1, 0.15) is 5.56 Å². The van der Waals surface area contributed by atoms with Gasteiger partial charge >= 0.3 is 12.2 Å². The Labute approximate surface area is 190 Å². The molecule has 8 nitrogen and oxygen atoms in total. The normalized spacial score (nSPS) is 15.2. The summed E-state index contributed by atoms with van der Waals surface area (Å²) in [7, 11) is -1.98. The minimum atomic E-state index is -4.46. The Bertz CT molecular complexity index is 1040. The summed E-state index contributed by atoms with van der Waals surface area (Å²) in [6.07, 6.45) is -4.46. The number of alkyl halides is 3. The van der Waals surface area contributed by atoms with E-state index in [1.165, 1.54) is 4.31 Å². The molecule has 1 aliphatic heterocycles. The van der Waals surface area contributed by atoms with Crippen LogP contribution < -0.4 is 20.3 Å². The Morgan fingerprint density at radius 2 is 1.61 bits per heavy atom. The van der Waals surface area contributed by atoms with Crippen molar-refractivity contribution in [3.05, 3.63) is 54.1 Å². The van der Waals surface area contributed by atoms with E-state index in [0.717, 1.165) is 35.7 Å². The monoisotopic (exact) mass is 486 g/mol. The summed E-state index contributed by atoms with van der Waals surface area (Å²) in [5.74, 6) is 0.463. The number of hydrogen-bond donors (Lipinski definition) is 2. The van der Waals surface area contributed by atoms with Crippen LogP contribution in [0, 0.1) is 0 Å². The Kier molecular flexibility index (Phi) is 7.69. The molecule has 2 aromatic carbocycles. The van der Waals surface area contributed by atoms with E-state index in [4.69, 9.17) is 4.74 Å². The summed E-state index contributed by atoms with van der Waals surface area (Å²) in [5, 5.41) is 4.79. The highest BCUT2D eigenvalue weighted by Crippen LogP contribution is 2.29. The van der Waals surface area contributed by atoms with E-state index in [1.807, 2.05) is 24.3 Å². The third-order valence-electron chi connectivity index (χ3n) is 5.19. The number of nitrogens with zero attached hydrogens (tertiary/aromatic N) is 2. The first-order chi connectivity index (χ1) is 15.6. The van der Waals surface area contributed by atoms with E-state index in [0.29, 0.717) is 26.2 Å². The van der Waals surface area contributed by atoms with Gasteiger partial charge < -0.3 is 20.3 Å². The van der Waals surface area contributed by atoms with E-state index in [1.54, 1.807) is 7.11 Å². The van der Waals surface area contributed by atoms with Gasteiger partial charge in [0.15, 0.2) is 0 Å². The van der Waals surface area contributed by atoms with Gasteiger partial charge in [0, 0.05) is 44.1 Å². The molecule has 0 spiro atoms. The molecular weight excluding hydrogens is 461 g/mol. The van der Waals surface area contributed by atoms with Crippen LogP contribution >= 0.6 is 0 Å². The molecule has 0 radical (unpaired) electrons. The fourth-order valence-electron chi connectivity index (χ4n) is 3.36. The van der Waals surface area contributed by atoms with Crippen molar-refractivity contribution in [2.45, 2.75) is 6.18 Å². The van der Waals surface area contributed by atoms with Crippen molar-refractivity contribution in [3.8, 4) is 5.75 Å². The lowest BCUT2D eigenvalue weighted by Gasteiger charge is -2.35. The van der Waals surface area contributed by atoms with Gasteiger partial charge in [0.2, 0.25) is 10.0 Å². The predicted molar refractivity (Wildman–Crippen MR) is 119 cm³/mol. The van der Waals surface area contributed by atoms with Gasteiger partial charge in [-0.3, -0.25) is 0 Å². The average Bonchev–Trinajstić information content (AvgIpc) is 2.79. The van der Waals surface area contributed by atoms with Crippen molar-refractivity contribution in [3.63, 3.8) is 0 Å². The average molecular weight is 487 g/mol. The van der Waals surface area contributed by atoms with Gasteiger partial charge in [-0.1, -0.05) is 0 Å². The van der Waals surface area contributed by atoms with Gasteiger partial charge in [0.05, 0.1) is 18.4 Å². The third kappa shape index (κ3) is 6.75. The maximum atomic E-state index is 12.6. The number of amides is 2. The Hall–Kier alpha value is -2.99. The smallest absolute Gasteiger partial charge is 0.416 e. The van der Waals surface area contributed by atoms with Crippen LogP contribution in [0.3, 0.4) is 0 Å². The van der Waals surface area contributed by atoms with Crippen LogP contribution in [0.15, 0.2) is 48.5 Å². The number of ether oxygens (including phenoxy) is 1. The number of anilines is 2. The van der Waals surface area contributed by atoms with E-state index in [2.05, 4.69) is 15.5 Å². The molecule has 1 fully saturated rings. The van der Waals surface area contributed by atoms with Crippen molar-refractivity contribution >= 4 is 27.4 Å². The van der Waals surface area contributed by atoms with E-state index in [9.17, 15) is 26.4 Å². The molecule has 12 heteroatoms. The van der Waals surface area contributed by atoms with E-state index >= 15 is 0 Å². The van der Waals surface area contributed by atoms with Crippen molar-refractivity contribution < 1.29 is 31.1 Å². The maximum absolute atomic E-state index is 12.6. The van der Waals surface area contributed by atoms with Gasteiger partial charge in [-0.15, -0.1) is 0 Å². The molecule has 1 heterocycles. The molecule has 1 aliphatic rings. The number of methoxy groups -OCH3 is 1. The summed E-state index contributed by atoms with van der Waals surface area (Å²) < 4.78 is 69.5. The highest BCUT2D eigenvalue weighted by atomic mass is 32.2. The second-order valence-electron chi connectivity index (χ2n) is 7.36. The fraction of sp³-hybridized carbons (Fsp3) is 0.381. The van der Waals surface area contributed by atoms with Crippen LogP contribution in [0.25, 0.3) is 0 Å². The van der Waals surface area contributed by atoms with Crippen LogP contribution in [-0.4, -0.2) is 64.3 Å². The van der Waals surface area contributed by atoms with Gasteiger partial charge in [-0.2, -0.15) is 17.5 Å². The molecule has 2 amide bonds. The largest absolute Gasteiger partial charge is 0.497 e. The van der Waals surface area contributed by atoms with Crippen molar-refractivity contribution in [2.24, 2.45) is 0 Å². The molecule has 0 bridgehead atoms. The number of halogens is 3. The number of rotatable bonds is 7. The van der Waals surface area contributed by atoms with Crippen molar-refractivity contribution in [1.29, 1.82) is 0 Å². The number of carbonyl (C=O) groups excluding carboxylic acids is 1. The molecular formula is C21H25F3N4O4S. The van der Waals surface area contributed by atoms with E-state index < -0.39 is 27.8 Å². The first-order valence-electron chi connectivity index (χ1n) is 10.2. The topological polar surface area (TPSA) is 91.0 Å². The summed E-state index contributed by atoms with van der Waals surface area (Å²) in [5.41, 5.74) is 0.319. The van der Waals surface area contributed by atoms with Gasteiger partial charge in [0.1, 0.15) is 5.75 Å². The quantitative estimate of drug-likeness (QED) is 0.628. The zero-order chi connectivity index (χ0) is 24.1. The standard InChI is InChI=1S/C21H25F3N4O4S/c1-32-19-8-6-18(7-9-19)27-11-13-28(14-12-27)33(30,31)15-10-25-20(29)26-17-4-2-16(3-5-17)21(22,23)24/h2-9H,10-15H2,1H3,(H2,25,26,29). The van der Waals surface area contributed by atoms with E-state index in [-0.39, 0.29) is 18.0 Å². The minimum absolute atomic E-state index is 0.131. The predicted octanol–water partition coefficient (Wildman–Crippen LogP) is 2.99. The maximum Gasteiger partial charge on any atom is 0.416 e. The first-order valence-corrected chi connectivity index (χ1v) is 11.8. The number of urea groups is 1. The Morgan fingerprint density at radius 1 is 1.00 bits per heavy atom. The number of piperazine rings is 1. The third-order valence-corrected chi connectivity index (χ3v) is 7.06. The second-order valence-corrected chi connectivity index (χ2v) is 9.44. The molecule has 180 valence electrons. The summed E-state index contributed by atoms with van der Waals surface area (Å²) in [4.78, 5) is 14.0. The summed E-state index contributed by atoms with van der Waals surface area (Å²) in [6, 6.07) is 10.8. The van der Waals surface area contributed by atoms with Crippen LogP contribution in [0.4, 0.5) is 29.3 Å². The Balaban J connectivity index is 1.43. The summed E-state index contributed by atoms with van der Waals surface area (Å²) >= 11 is 0. The number of benzene rings is 2. The zero-order valence-corrected chi connectivity index (χ0v) is 18.7. The lowest BCUT2D eigenvalue weighted by Crippen LogP contribution is -2.50. The summed E-state index contributed by atoms with van der Waals surface area (Å²) in [6.45, 7) is 1.59. The molecule has 0 aromatic heterocycles. The van der Waals surface area contributed by atoms with Gasteiger partial charge in [-0.25, -0.2) is 13.2 Å². The van der Waals surface area contributed by atoms with Crippen molar-refractivity contribution in [1.82, 2.24) is 9.62 Å². The van der Waals surface area contributed by atoms with Gasteiger partial charge in [-0.05, 0) is 48.5 Å². The molecule has 0 atom stereocenters. The molecule has 0 saturated carbocycles. The first kappa shape index (κ1) is 24.6. The number of sulfonamides is 1. The van der Waals surface area contributed by atoms with Crippen LogP contribution in [0.5, 0.6) is 5.75 Å². The highest BCUT2D eigenvalue weighted by Gasteiger charge is 2.30. The van der Waals surface area contributed by atoms with Gasteiger partial charge in [0.25, 0.3) is 0 Å². The molecule has 0 aliphatic carbocycles. The second kappa shape index (κ2) is 10.3. The Morgan fingerprint density at radius 3 is 2.15 bits per heavy atom. The number of carbonyl (C=O) groups is 1. The van der Waals surface area contributed by atoms with Crippen LogP contribution in [0.2, 0.25) is 0 Å². The fourth-order valence-corrected chi connectivity index (χ4v) is 4.70. The van der Waals surface area contributed by atoms with Crippen molar-refractivity contribution in [2.75, 3.05) is 55.8 Å². The molecule has 0 unspecified atom stereocenters. The zero-order valence-electron chi connectivity index (χ0n) is 17.9. The SMILES string of the molecule is COc1ccc(N2CCN(S(=O)(=O)CCNC(=O)Nc3ccc(C(F)(F)F)cc3)CC2)cc1. The number of nitrogens with one attached hydrogen (secondary N) is 2. The molecule has 1 saturated heterocycles. The molecule has 2 N–H and O–H groups in total. The number of hydrogen-bond acceptors (Lipinski definition) is 5. The van der Waals surface area contributed by atoms with Crippen LogP contribution in [-0.2, 0) is 16.2 Å². The molecule has 33 heavy (non-hydrogen) atoms. The highest BCUT2D eigenvalue weighted by molar-refractivity contribution is 7.89. The lowest BCUT2D eigenvalue weighted by molar-refractivity contribution is -0.137. The molecule has 3 rings (SSSR count). The minimum Gasteiger partial charge on any atom is -0.497 e. The lowest BCUT2D eigenvalue weighted by atomic mass is 10.2. The molecule has 2 aromatic rings.